The molecule has 0 aliphatic heterocycles. The molecular formula is C17H15ClN2O4S. The van der Waals surface area contributed by atoms with Crippen molar-refractivity contribution in [3.63, 3.8) is 0 Å². The maximum atomic E-state index is 12.3. The van der Waals surface area contributed by atoms with E-state index in [1.54, 1.807) is 24.5 Å². The van der Waals surface area contributed by atoms with Gasteiger partial charge in [-0.05, 0) is 12.1 Å². The lowest BCUT2D eigenvalue weighted by Crippen LogP contribution is -2.15. The van der Waals surface area contributed by atoms with E-state index in [2.05, 4.69) is 10.3 Å². The first-order valence-corrected chi connectivity index (χ1v) is 8.56. The molecule has 0 saturated carbocycles. The van der Waals surface area contributed by atoms with Crippen molar-refractivity contribution in [2.24, 2.45) is 0 Å². The summed E-state index contributed by atoms with van der Waals surface area (Å²) in [5.74, 6) is 1.43. The summed E-state index contributed by atoms with van der Waals surface area (Å²) < 4.78 is 15.7. The molecule has 0 saturated heterocycles. The molecule has 1 amide bonds. The van der Waals surface area contributed by atoms with Crippen molar-refractivity contribution in [3.05, 3.63) is 46.6 Å². The van der Waals surface area contributed by atoms with Crippen LogP contribution in [0.5, 0.6) is 11.5 Å². The Morgan fingerprint density at radius 2 is 2.08 bits per heavy atom. The van der Waals surface area contributed by atoms with Gasteiger partial charge in [-0.15, -0.1) is 11.3 Å². The van der Waals surface area contributed by atoms with Crippen LogP contribution in [0.3, 0.4) is 0 Å². The third-order valence-corrected chi connectivity index (χ3v) is 4.59. The Morgan fingerprint density at radius 3 is 2.76 bits per heavy atom. The molecule has 2 heterocycles. The van der Waals surface area contributed by atoms with Crippen molar-refractivity contribution < 1.29 is 18.7 Å². The first kappa shape index (κ1) is 17.3. The normalized spacial score (nSPS) is 10.5. The summed E-state index contributed by atoms with van der Waals surface area (Å²) in [6.45, 7) is 0. The number of benzene rings is 1. The van der Waals surface area contributed by atoms with Gasteiger partial charge in [0, 0.05) is 17.5 Å². The van der Waals surface area contributed by atoms with Crippen LogP contribution in [0, 0.1) is 0 Å². The van der Waals surface area contributed by atoms with Crippen molar-refractivity contribution in [2.75, 3.05) is 19.5 Å². The minimum atomic E-state index is -0.231. The molecule has 0 aliphatic rings. The van der Waals surface area contributed by atoms with E-state index >= 15 is 0 Å². The second-order valence-electron chi connectivity index (χ2n) is 5.03. The summed E-state index contributed by atoms with van der Waals surface area (Å²) in [6, 6.07) is 6.83. The molecule has 1 N–H and O–H groups in total. The topological polar surface area (TPSA) is 73.6 Å². The molecule has 1 aromatic carbocycles. The number of methoxy groups -OCH3 is 2. The van der Waals surface area contributed by atoms with Gasteiger partial charge in [0.2, 0.25) is 5.91 Å². The third-order valence-electron chi connectivity index (χ3n) is 3.37. The zero-order chi connectivity index (χ0) is 17.8. The lowest BCUT2D eigenvalue weighted by atomic mass is 10.2. The first-order valence-electron chi connectivity index (χ1n) is 7.30. The quantitative estimate of drug-likeness (QED) is 0.693. The van der Waals surface area contributed by atoms with Crippen LogP contribution in [0.2, 0.25) is 5.02 Å². The average Bonchev–Trinajstić information content (AvgIpc) is 3.27. The molecule has 0 unspecified atom stereocenters. The van der Waals surface area contributed by atoms with E-state index < -0.39 is 0 Å². The molecule has 2 aromatic heterocycles. The van der Waals surface area contributed by atoms with Gasteiger partial charge in [-0.3, -0.25) is 4.79 Å². The Balaban J connectivity index is 1.71. The number of nitrogens with zero attached hydrogens (tertiary/aromatic N) is 1. The minimum absolute atomic E-state index is 0.127. The minimum Gasteiger partial charge on any atom is -0.493 e. The highest BCUT2D eigenvalue weighted by atomic mass is 35.5. The Kier molecular flexibility index (Phi) is 5.25. The molecule has 0 spiro atoms. The van der Waals surface area contributed by atoms with Crippen LogP contribution in [-0.2, 0) is 11.2 Å². The van der Waals surface area contributed by atoms with Gasteiger partial charge < -0.3 is 19.2 Å². The first-order chi connectivity index (χ1) is 12.1. The number of amides is 1. The van der Waals surface area contributed by atoms with Gasteiger partial charge in [0.25, 0.3) is 0 Å². The highest BCUT2D eigenvalue weighted by Crippen LogP contribution is 2.36. The lowest BCUT2D eigenvalue weighted by Gasteiger charge is -2.12. The van der Waals surface area contributed by atoms with Crippen LogP contribution in [0.4, 0.5) is 5.69 Å². The molecule has 3 aromatic rings. The summed E-state index contributed by atoms with van der Waals surface area (Å²) in [5, 5.41) is 5.69. The number of anilines is 1. The predicted molar refractivity (Wildman–Crippen MR) is 96.7 cm³/mol. The number of nitrogens with one attached hydrogen (secondary N) is 1. The van der Waals surface area contributed by atoms with Crippen LogP contribution < -0.4 is 14.8 Å². The van der Waals surface area contributed by atoms with E-state index in [0.29, 0.717) is 33.7 Å². The fourth-order valence-corrected chi connectivity index (χ4v) is 3.20. The summed E-state index contributed by atoms with van der Waals surface area (Å²) >= 11 is 7.60. The number of rotatable bonds is 6. The Morgan fingerprint density at radius 1 is 1.32 bits per heavy atom. The van der Waals surface area contributed by atoms with Crippen LogP contribution >= 0.6 is 22.9 Å². The van der Waals surface area contributed by atoms with E-state index in [4.69, 9.17) is 25.5 Å². The number of carbonyl (C=O) groups excluding carboxylic acids is 1. The van der Waals surface area contributed by atoms with Crippen molar-refractivity contribution in [2.45, 2.75) is 6.42 Å². The molecule has 130 valence electrons. The number of thiazole rings is 1. The third kappa shape index (κ3) is 3.94. The molecule has 6 nitrogen and oxygen atoms in total. The zero-order valence-electron chi connectivity index (χ0n) is 13.5. The highest BCUT2D eigenvalue weighted by Gasteiger charge is 2.14. The molecule has 0 aliphatic carbocycles. The second-order valence-corrected chi connectivity index (χ2v) is 6.30. The van der Waals surface area contributed by atoms with E-state index in [-0.39, 0.29) is 12.3 Å². The number of carbonyl (C=O) groups is 1. The van der Waals surface area contributed by atoms with Crippen molar-refractivity contribution in [3.8, 4) is 22.3 Å². The summed E-state index contributed by atoms with van der Waals surface area (Å²) in [6.07, 6.45) is 1.71. The number of hydrogen-bond acceptors (Lipinski definition) is 6. The molecule has 0 atom stereocenters. The molecule has 3 rings (SSSR count). The standard InChI is InChI=1S/C17H15ClN2O4S/c1-22-14-7-11(18)12(8-15(14)23-2)20-16(21)6-10-9-25-17(19-10)13-4-3-5-24-13/h3-5,7-9H,6H2,1-2H3,(H,20,21). The second kappa shape index (κ2) is 7.58. The van der Waals surface area contributed by atoms with Gasteiger partial charge in [-0.2, -0.15) is 0 Å². The predicted octanol–water partition coefficient (Wildman–Crippen LogP) is 4.25. The fraction of sp³-hybridized carbons (Fsp3) is 0.176. The van der Waals surface area contributed by atoms with Gasteiger partial charge in [-0.25, -0.2) is 4.98 Å². The van der Waals surface area contributed by atoms with Crippen LogP contribution in [0.25, 0.3) is 10.8 Å². The lowest BCUT2D eigenvalue weighted by molar-refractivity contribution is -0.115. The summed E-state index contributed by atoms with van der Waals surface area (Å²) in [7, 11) is 3.04. The maximum absolute atomic E-state index is 12.3. The van der Waals surface area contributed by atoms with Gasteiger partial charge in [0.05, 0.1) is 43.3 Å². The van der Waals surface area contributed by atoms with Crippen molar-refractivity contribution in [1.29, 1.82) is 0 Å². The van der Waals surface area contributed by atoms with Crippen LogP contribution in [0.1, 0.15) is 5.69 Å². The van der Waals surface area contributed by atoms with E-state index in [0.717, 1.165) is 5.01 Å². The van der Waals surface area contributed by atoms with Gasteiger partial charge >= 0.3 is 0 Å². The number of hydrogen-bond donors (Lipinski definition) is 1. The van der Waals surface area contributed by atoms with E-state index in [1.165, 1.54) is 25.6 Å². The van der Waals surface area contributed by atoms with Crippen molar-refractivity contribution >= 4 is 34.5 Å². The Bertz CT molecular complexity index is 877. The van der Waals surface area contributed by atoms with E-state index in [1.807, 2.05) is 11.4 Å². The number of ether oxygens (including phenoxy) is 2. The largest absolute Gasteiger partial charge is 0.493 e. The van der Waals surface area contributed by atoms with Gasteiger partial charge in [0.15, 0.2) is 22.3 Å². The van der Waals surface area contributed by atoms with Gasteiger partial charge in [-0.1, -0.05) is 11.6 Å². The Hall–Kier alpha value is -2.51. The average molecular weight is 379 g/mol. The number of aromatic nitrogens is 1. The maximum Gasteiger partial charge on any atom is 0.230 e. The van der Waals surface area contributed by atoms with Crippen LogP contribution in [-0.4, -0.2) is 25.1 Å². The molecule has 8 heteroatoms. The SMILES string of the molecule is COc1cc(Cl)c(NC(=O)Cc2csc(-c3ccco3)n2)cc1OC. The van der Waals surface area contributed by atoms with Crippen LogP contribution in [0.15, 0.2) is 40.3 Å². The zero-order valence-corrected chi connectivity index (χ0v) is 15.1. The number of halogens is 1. The van der Waals surface area contributed by atoms with Crippen molar-refractivity contribution in [1.82, 2.24) is 4.98 Å². The Labute approximate surface area is 153 Å². The molecule has 0 bridgehead atoms. The van der Waals surface area contributed by atoms with E-state index in [9.17, 15) is 4.79 Å². The molecule has 25 heavy (non-hydrogen) atoms. The highest BCUT2D eigenvalue weighted by molar-refractivity contribution is 7.13. The fourth-order valence-electron chi connectivity index (χ4n) is 2.21. The molecular weight excluding hydrogens is 364 g/mol. The summed E-state index contributed by atoms with van der Waals surface area (Å²) in [4.78, 5) is 16.7. The van der Waals surface area contributed by atoms with Gasteiger partial charge in [0.1, 0.15) is 0 Å². The molecule has 0 fully saturated rings. The number of furan rings is 1. The molecule has 0 radical (unpaired) electrons. The monoisotopic (exact) mass is 378 g/mol. The smallest absolute Gasteiger partial charge is 0.230 e. The summed E-state index contributed by atoms with van der Waals surface area (Å²) in [5.41, 5.74) is 1.11.